The zero-order valence-electron chi connectivity index (χ0n) is 11.9. The first-order valence-corrected chi connectivity index (χ1v) is 6.55. The minimum atomic E-state index is -0.560. The molecule has 0 aliphatic carbocycles. The summed E-state index contributed by atoms with van der Waals surface area (Å²) < 4.78 is 0. The van der Waals surface area contributed by atoms with E-state index >= 15 is 0 Å². The fourth-order valence-electron chi connectivity index (χ4n) is 1.96. The molecule has 2 aromatic carbocycles. The van der Waals surface area contributed by atoms with Crippen LogP contribution in [-0.4, -0.2) is 28.6 Å². The SMILES string of the molecule is Cc1ccccc1C(=O)CN=Cc1cc([N+](=O)[O-])ccc1O. The number of phenolic OH excluding ortho intramolecular Hbond substituents is 1. The number of benzene rings is 2. The van der Waals surface area contributed by atoms with E-state index in [0.29, 0.717) is 5.56 Å². The third-order valence-electron chi connectivity index (χ3n) is 3.13. The fraction of sp³-hybridized carbons (Fsp3) is 0.125. The first kappa shape index (κ1) is 15.4. The van der Waals surface area contributed by atoms with Gasteiger partial charge in [-0.15, -0.1) is 0 Å². The second-order valence-corrected chi connectivity index (χ2v) is 4.71. The second-order valence-electron chi connectivity index (χ2n) is 4.71. The number of nitrogens with zero attached hydrogens (tertiary/aromatic N) is 2. The molecule has 0 aliphatic rings. The summed E-state index contributed by atoms with van der Waals surface area (Å²) in [7, 11) is 0. The summed E-state index contributed by atoms with van der Waals surface area (Å²) in [5.41, 5.74) is 1.50. The van der Waals surface area contributed by atoms with Gasteiger partial charge in [0.1, 0.15) is 12.3 Å². The molecule has 0 bridgehead atoms. The van der Waals surface area contributed by atoms with Crippen LogP contribution in [0.2, 0.25) is 0 Å². The second kappa shape index (κ2) is 6.62. The number of aromatic hydroxyl groups is 1. The molecule has 0 aromatic heterocycles. The Balaban J connectivity index is 2.13. The van der Waals surface area contributed by atoms with Crippen LogP contribution >= 0.6 is 0 Å². The van der Waals surface area contributed by atoms with E-state index in [1.165, 1.54) is 24.4 Å². The molecule has 2 rings (SSSR count). The average Bonchev–Trinajstić information content (AvgIpc) is 2.49. The lowest BCUT2D eigenvalue weighted by Crippen LogP contribution is -2.05. The maximum Gasteiger partial charge on any atom is 0.270 e. The van der Waals surface area contributed by atoms with Crippen molar-refractivity contribution in [2.24, 2.45) is 4.99 Å². The van der Waals surface area contributed by atoms with Crippen LogP contribution in [0.25, 0.3) is 0 Å². The molecule has 112 valence electrons. The zero-order chi connectivity index (χ0) is 16.1. The number of carbonyl (C=O) groups excluding carboxylic acids is 1. The quantitative estimate of drug-likeness (QED) is 0.397. The Morgan fingerprint density at radius 1 is 1.32 bits per heavy atom. The van der Waals surface area contributed by atoms with Crippen LogP contribution in [0.5, 0.6) is 5.75 Å². The van der Waals surface area contributed by atoms with E-state index in [-0.39, 0.29) is 29.3 Å². The third kappa shape index (κ3) is 3.54. The molecule has 0 saturated heterocycles. The molecule has 0 unspecified atom stereocenters. The van der Waals surface area contributed by atoms with Crippen LogP contribution in [0.4, 0.5) is 5.69 Å². The molecule has 6 heteroatoms. The van der Waals surface area contributed by atoms with Crippen molar-refractivity contribution >= 4 is 17.7 Å². The summed E-state index contributed by atoms with van der Waals surface area (Å²) in [4.78, 5) is 26.1. The minimum Gasteiger partial charge on any atom is -0.507 e. The Morgan fingerprint density at radius 3 is 2.73 bits per heavy atom. The molecular formula is C16H14N2O4. The summed E-state index contributed by atoms with van der Waals surface area (Å²) >= 11 is 0. The van der Waals surface area contributed by atoms with Gasteiger partial charge < -0.3 is 5.11 Å². The van der Waals surface area contributed by atoms with Gasteiger partial charge in [0.25, 0.3) is 5.69 Å². The van der Waals surface area contributed by atoms with Crippen molar-refractivity contribution in [3.05, 3.63) is 69.3 Å². The topological polar surface area (TPSA) is 92.8 Å². The number of Topliss-reactive ketones (excluding diaryl/α,β-unsaturated/α-hetero) is 1. The molecule has 6 nitrogen and oxygen atoms in total. The number of hydrogen-bond acceptors (Lipinski definition) is 5. The number of non-ortho nitro benzene ring substituents is 1. The largest absolute Gasteiger partial charge is 0.507 e. The molecule has 0 heterocycles. The number of phenols is 1. The number of nitro benzene ring substituents is 1. The van der Waals surface area contributed by atoms with Gasteiger partial charge in [0.2, 0.25) is 0 Å². The summed E-state index contributed by atoms with van der Waals surface area (Å²) in [6, 6.07) is 10.8. The zero-order valence-corrected chi connectivity index (χ0v) is 11.9. The number of ketones is 1. The minimum absolute atomic E-state index is 0.0903. The standard InChI is InChI=1S/C16H14N2O4/c1-11-4-2-3-5-14(11)16(20)10-17-9-12-8-13(18(21)22)6-7-15(12)19/h2-9,19H,10H2,1H3. The van der Waals surface area contributed by atoms with Crippen molar-refractivity contribution < 1.29 is 14.8 Å². The van der Waals surface area contributed by atoms with Crippen LogP contribution < -0.4 is 0 Å². The highest BCUT2D eigenvalue weighted by Crippen LogP contribution is 2.21. The van der Waals surface area contributed by atoms with Gasteiger partial charge in [0.05, 0.1) is 4.92 Å². The first-order valence-electron chi connectivity index (χ1n) is 6.55. The maximum absolute atomic E-state index is 12.0. The van der Waals surface area contributed by atoms with Gasteiger partial charge in [0.15, 0.2) is 5.78 Å². The number of aryl methyl sites for hydroxylation is 1. The normalized spacial score (nSPS) is 10.8. The summed E-state index contributed by atoms with van der Waals surface area (Å²) in [6.07, 6.45) is 1.26. The van der Waals surface area contributed by atoms with E-state index in [4.69, 9.17) is 0 Å². The number of hydrogen-bond donors (Lipinski definition) is 1. The van der Waals surface area contributed by atoms with Crippen molar-refractivity contribution in [3.8, 4) is 5.75 Å². The third-order valence-corrected chi connectivity index (χ3v) is 3.13. The summed E-state index contributed by atoms with van der Waals surface area (Å²) in [6.45, 7) is 1.75. The molecule has 22 heavy (non-hydrogen) atoms. The van der Waals surface area contributed by atoms with Crippen LogP contribution in [0.1, 0.15) is 21.5 Å². The van der Waals surface area contributed by atoms with Crippen molar-refractivity contribution in [2.75, 3.05) is 6.54 Å². The van der Waals surface area contributed by atoms with Crippen LogP contribution in [0.3, 0.4) is 0 Å². The van der Waals surface area contributed by atoms with E-state index in [2.05, 4.69) is 4.99 Å². The highest BCUT2D eigenvalue weighted by Gasteiger charge is 2.10. The van der Waals surface area contributed by atoms with E-state index in [1.807, 2.05) is 19.1 Å². The Hall–Kier alpha value is -3.02. The molecule has 0 fully saturated rings. The maximum atomic E-state index is 12.0. The fourth-order valence-corrected chi connectivity index (χ4v) is 1.96. The van der Waals surface area contributed by atoms with Crippen molar-refractivity contribution in [3.63, 3.8) is 0 Å². The summed E-state index contributed by atoms with van der Waals surface area (Å²) in [5.74, 6) is -0.281. The van der Waals surface area contributed by atoms with Crippen molar-refractivity contribution in [1.29, 1.82) is 0 Å². The molecule has 0 amide bonds. The Morgan fingerprint density at radius 2 is 2.05 bits per heavy atom. The summed E-state index contributed by atoms with van der Waals surface area (Å²) in [5, 5.41) is 20.3. The highest BCUT2D eigenvalue weighted by molar-refractivity contribution is 6.00. The van der Waals surface area contributed by atoms with Gasteiger partial charge in [-0.1, -0.05) is 24.3 Å². The molecule has 1 N–H and O–H groups in total. The monoisotopic (exact) mass is 298 g/mol. The Labute approximate surface area is 126 Å². The molecule has 0 atom stereocenters. The predicted octanol–water partition coefficient (Wildman–Crippen LogP) is 2.91. The van der Waals surface area contributed by atoms with Crippen LogP contribution in [-0.2, 0) is 0 Å². The smallest absolute Gasteiger partial charge is 0.270 e. The van der Waals surface area contributed by atoms with E-state index in [0.717, 1.165) is 5.56 Å². The van der Waals surface area contributed by atoms with Gasteiger partial charge in [-0.2, -0.15) is 0 Å². The van der Waals surface area contributed by atoms with Crippen LogP contribution in [0, 0.1) is 17.0 Å². The molecule has 2 aromatic rings. The predicted molar refractivity (Wildman–Crippen MR) is 82.7 cm³/mol. The molecular weight excluding hydrogens is 284 g/mol. The Kier molecular flexibility index (Phi) is 4.63. The molecule has 0 spiro atoms. The lowest BCUT2D eigenvalue weighted by molar-refractivity contribution is -0.384. The van der Waals surface area contributed by atoms with E-state index in [9.17, 15) is 20.0 Å². The van der Waals surface area contributed by atoms with E-state index in [1.54, 1.807) is 12.1 Å². The van der Waals surface area contributed by atoms with Gasteiger partial charge >= 0.3 is 0 Å². The highest BCUT2D eigenvalue weighted by atomic mass is 16.6. The lowest BCUT2D eigenvalue weighted by Gasteiger charge is -2.02. The van der Waals surface area contributed by atoms with Crippen molar-refractivity contribution in [2.45, 2.75) is 6.92 Å². The molecule has 0 aliphatic heterocycles. The lowest BCUT2D eigenvalue weighted by atomic mass is 10.1. The Bertz CT molecular complexity index is 754. The number of nitro groups is 1. The number of rotatable bonds is 5. The van der Waals surface area contributed by atoms with Gasteiger partial charge in [-0.3, -0.25) is 19.9 Å². The van der Waals surface area contributed by atoms with Gasteiger partial charge in [-0.25, -0.2) is 0 Å². The van der Waals surface area contributed by atoms with Gasteiger partial charge in [0, 0.05) is 29.5 Å². The number of carbonyl (C=O) groups is 1. The van der Waals surface area contributed by atoms with Crippen LogP contribution in [0.15, 0.2) is 47.5 Å². The van der Waals surface area contributed by atoms with Crippen molar-refractivity contribution in [1.82, 2.24) is 0 Å². The molecule has 0 saturated carbocycles. The number of aliphatic imine (C=N–C) groups is 1. The van der Waals surface area contributed by atoms with Gasteiger partial charge in [-0.05, 0) is 18.6 Å². The first-order chi connectivity index (χ1) is 10.5. The average molecular weight is 298 g/mol. The van der Waals surface area contributed by atoms with E-state index < -0.39 is 4.92 Å². The molecule has 0 radical (unpaired) electrons.